The highest BCUT2D eigenvalue weighted by Gasteiger charge is 2.15. The topological polar surface area (TPSA) is 67.3 Å². The number of aryl methyl sites for hydroxylation is 1. The van der Waals surface area contributed by atoms with Gasteiger partial charge in [-0.05, 0) is 25.8 Å². The molecule has 5 heteroatoms. The molecule has 0 bridgehead atoms. The van der Waals surface area contributed by atoms with Crippen molar-refractivity contribution < 1.29 is 9.84 Å². The van der Waals surface area contributed by atoms with Gasteiger partial charge in [0.05, 0.1) is 24.5 Å². The molecule has 1 aromatic heterocycles. The summed E-state index contributed by atoms with van der Waals surface area (Å²) >= 11 is 0. The molecule has 0 aromatic carbocycles. The molecule has 1 aliphatic rings. The molecule has 2 rings (SSSR count). The summed E-state index contributed by atoms with van der Waals surface area (Å²) in [5.74, 6) is 0.769. The van der Waals surface area contributed by atoms with E-state index >= 15 is 0 Å². The predicted molar refractivity (Wildman–Crippen MR) is 77.3 cm³/mol. The van der Waals surface area contributed by atoms with E-state index in [1.54, 1.807) is 6.20 Å². The first-order valence-corrected chi connectivity index (χ1v) is 7.53. The Kier molecular flexibility index (Phi) is 6.36. The molecule has 0 amide bonds. The minimum atomic E-state index is -0.458. The second-order valence-corrected chi connectivity index (χ2v) is 5.47. The van der Waals surface area contributed by atoms with Gasteiger partial charge in [0.1, 0.15) is 5.82 Å². The van der Waals surface area contributed by atoms with Gasteiger partial charge in [-0.25, -0.2) is 9.97 Å². The lowest BCUT2D eigenvalue weighted by Gasteiger charge is -2.23. The third-order valence-electron chi connectivity index (χ3n) is 3.60. The first-order chi connectivity index (χ1) is 9.74. The van der Waals surface area contributed by atoms with Crippen LogP contribution >= 0.6 is 0 Å². The van der Waals surface area contributed by atoms with Gasteiger partial charge in [-0.2, -0.15) is 0 Å². The van der Waals surface area contributed by atoms with Crippen molar-refractivity contribution in [3.8, 4) is 0 Å². The molecule has 5 nitrogen and oxygen atoms in total. The Morgan fingerprint density at radius 2 is 2.20 bits per heavy atom. The van der Waals surface area contributed by atoms with Gasteiger partial charge in [0.2, 0.25) is 0 Å². The van der Waals surface area contributed by atoms with Crippen molar-refractivity contribution in [2.24, 2.45) is 0 Å². The maximum atomic E-state index is 9.89. The first-order valence-electron chi connectivity index (χ1n) is 7.53. The van der Waals surface area contributed by atoms with E-state index in [0.717, 1.165) is 24.4 Å². The van der Waals surface area contributed by atoms with E-state index < -0.39 is 6.10 Å². The second-order valence-electron chi connectivity index (χ2n) is 5.47. The molecule has 1 saturated carbocycles. The zero-order chi connectivity index (χ0) is 14.2. The van der Waals surface area contributed by atoms with Crippen LogP contribution in [-0.4, -0.2) is 40.4 Å². The van der Waals surface area contributed by atoms with Crippen LogP contribution in [0, 0.1) is 6.92 Å². The molecular formula is C15H25N3O2. The van der Waals surface area contributed by atoms with Crippen molar-refractivity contribution in [2.45, 2.75) is 57.8 Å². The second kappa shape index (κ2) is 8.29. The number of aromatic nitrogens is 2. The number of ether oxygens (including phenoxy) is 1. The van der Waals surface area contributed by atoms with Gasteiger partial charge in [0.15, 0.2) is 0 Å². The molecule has 1 aliphatic carbocycles. The lowest BCUT2D eigenvalue weighted by molar-refractivity contribution is -0.0230. The SMILES string of the molecule is Cc1nccc(CNCC(O)COC2CCCCC2)n1. The van der Waals surface area contributed by atoms with E-state index in [1.165, 1.54) is 19.3 Å². The van der Waals surface area contributed by atoms with Gasteiger partial charge in [-0.1, -0.05) is 19.3 Å². The fourth-order valence-corrected chi connectivity index (χ4v) is 2.51. The monoisotopic (exact) mass is 279 g/mol. The quantitative estimate of drug-likeness (QED) is 0.793. The van der Waals surface area contributed by atoms with E-state index in [0.29, 0.717) is 25.8 Å². The molecule has 0 saturated heterocycles. The molecule has 2 N–H and O–H groups in total. The van der Waals surface area contributed by atoms with E-state index in [9.17, 15) is 5.11 Å². The summed E-state index contributed by atoms with van der Waals surface area (Å²) in [5, 5.41) is 13.1. The lowest BCUT2D eigenvalue weighted by atomic mass is 9.98. The molecule has 20 heavy (non-hydrogen) atoms. The van der Waals surface area contributed by atoms with Crippen LogP contribution in [0.25, 0.3) is 0 Å². The van der Waals surface area contributed by atoms with Crippen LogP contribution in [0.3, 0.4) is 0 Å². The number of aliphatic hydroxyl groups excluding tert-OH is 1. The number of nitrogens with zero attached hydrogens (tertiary/aromatic N) is 2. The summed E-state index contributed by atoms with van der Waals surface area (Å²) < 4.78 is 5.75. The van der Waals surface area contributed by atoms with Gasteiger partial charge in [-0.15, -0.1) is 0 Å². The average molecular weight is 279 g/mol. The number of hydrogen-bond acceptors (Lipinski definition) is 5. The number of aliphatic hydroxyl groups is 1. The van der Waals surface area contributed by atoms with Gasteiger partial charge >= 0.3 is 0 Å². The fourth-order valence-electron chi connectivity index (χ4n) is 2.51. The first kappa shape index (κ1) is 15.4. The standard InChI is InChI=1S/C15H25N3O2/c1-12-17-8-7-13(18-12)9-16-10-14(19)11-20-15-5-3-2-4-6-15/h7-8,14-16,19H,2-6,9-11H2,1H3. The molecule has 0 radical (unpaired) electrons. The highest BCUT2D eigenvalue weighted by Crippen LogP contribution is 2.20. The van der Waals surface area contributed by atoms with Crippen molar-refractivity contribution in [1.29, 1.82) is 0 Å². The zero-order valence-corrected chi connectivity index (χ0v) is 12.2. The average Bonchev–Trinajstić information content (AvgIpc) is 2.46. The highest BCUT2D eigenvalue weighted by atomic mass is 16.5. The van der Waals surface area contributed by atoms with E-state index in [4.69, 9.17) is 4.74 Å². The Morgan fingerprint density at radius 1 is 1.40 bits per heavy atom. The Bertz CT molecular complexity index is 394. The summed E-state index contributed by atoms with van der Waals surface area (Å²) in [6.07, 6.45) is 7.76. The summed E-state index contributed by atoms with van der Waals surface area (Å²) in [6.45, 7) is 3.45. The third-order valence-corrected chi connectivity index (χ3v) is 3.60. The van der Waals surface area contributed by atoms with E-state index in [-0.39, 0.29) is 0 Å². The predicted octanol–water partition coefficient (Wildman–Crippen LogP) is 1.58. The smallest absolute Gasteiger partial charge is 0.125 e. The van der Waals surface area contributed by atoms with Crippen LogP contribution in [0.1, 0.15) is 43.6 Å². The molecule has 0 spiro atoms. The maximum absolute atomic E-state index is 9.89. The summed E-state index contributed by atoms with van der Waals surface area (Å²) in [7, 11) is 0. The molecule has 1 heterocycles. The zero-order valence-electron chi connectivity index (χ0n) is 12.2. The van der Waals surface area contributed by atoms with E-state index in [1.807, 2.05) is 13.0 Å². The molecule has 0 aliphatic heterocycles. The van der Waals surface area contributed by atoms with Crippen LogP contribution in [0.2, 0.25) is 0 Å². The minimum absolute atomic E-state index is 0.350. The maximum Gasteiger partial charge on any atom is 0.125 e. The fraction of sp³-hybridized carbons (Fsp3) is 0.733. The molecular weight excluding hydrogens is 254 g/mol. The molecule has 1 unspecified atom stereocenters. The normalized spacial score (nSPS) is 18.1. The van der Waals surface area contributed by atoms with Gasteiger partial charge in [0.25, 0.3) is 0 Å². The van der Waals surface area contributed by atoms with Crippen molar-refractivity contribution in [1.82, 2.24) is 15.3 Å². The van der Waals surface area contributed by atoms with Crippen molar-refractivity contribution in [3.63, 3.8) is 0 Å². The molecule has 1 aromatic rings. The molecule has 112 valence electrons. The summed E-state index contributed by atoms with van der Waals surface area (Å²) in [6, 6.07) is 1.88. The Balaban J connectivity index is 1.58. The van der Waals surface area contributed by atoms with Gasteiger partial charge < -0.3 is 15.2 Å². The Labute approximate surface area is 120 Å². The van der Waals surface area contributed by atoms with Crippen LogP contribution in [0.5, 0.6) is 0 Å². The third kappa shape index (κ3) is 5.53. The summed E-state index contributed by atoms with van der Waals surface area (Å²) in [5.41, 5.74) is 0.942. The number of nitrogens with one attached hydrogen (secondary N) is 1. The van der Waals surface area contributed by atoms with Gasteiger partial charge in [-0.3, -0.25) is 0 Å². The lowest BCUT2D eigenvalue weighted by Crippen LogP contribution is -2.32. The Morgan fingerprint density at radius 3 is 2.95 bits per heavy atom. The molecule has 1 atom stereocenters. The van der Waals surface area contributed by atoms with Crippen LogP contribution < -0.4 is 5.32 Å². The highest BCUT2D eigenvalue weighted by molar-refractivity contribution is 5.00. The Hall–Kier alpha value is -1.04. The number of rotatable bonds is 7. The summed E-state index contributed by atoms with van der Waals surface area (Å²) in [4.78, 5) is 8.36. The van der Waals surface area contributed by atoms with Crippen molar-refractivity contribution in [2.75, 3.05) is 13.2 Å². The van der Waals surface area contributed by atoms with Crippen LogP contribution in [0.4, 0.5) is 0 Å². The van der Waals surface area contributed by atoms with Crippen molar-refractivity contribution in [3.05, 3.63) is 23.8 Å². The van der Waals surface area contributed by atoms with Gasteiger partial charge in [0, 0.05) is 19.3 Å². The van der Waals surface area contributed by atoms with Crippen LogP contribution in [0.15, 0.2) is 12.3 Å². The van der Waals surface area contributed by atoms with E-state index in [2.05, 4.69) is 15.3 Å². The van der Waals surface area contributed by atoms with Crippen LogP contribution in [-0.2, 0) is 11.3 Å². The largest absolute Gasteiger partial charge is 0.389 e. The molecule has 1 fully saturated rings. The minimum Gasteiger partial charge on any atom is -0.389 e. The number of hydrogen-bond donors (Lipinski definition) is 2. The van der Waals surface area contributed by atoms with Crippen molar-refractivity contribution >= 4 is 0 Å².